The molecule has 0 saturated heterocycles. The highest BCUT2D eigenvalue weighted by Crippen LogP contribution is 2.47. The molecule has 2 heterocycles. The summed E-state index contributed by atoms with van der Waals surface area (Å²) in [7, 11) is 2.19. The molecule has 112 valence electrons. The molecular formula is C19H19NOS. The van der Waals surface area contributed by atoms with Crippen LogP contribution in [0, 0.1) is 0 Å². The lowest BCUT2D eigenvalue weighted by Gasteiger charge is -2.14. The summed E-state index contributed by atoms with van der Waals surface area (Å²) in [5.41, 5.74) is 5.45. The summed E-state index contributed by atoms with van der Waals surface area (Å²) in [6.45, 7) is 2.16. The Balaban J connectivity index is 1.98. The van der Waals surface area contributed by atoms with E-state index in [1.807, 2.05) is 17.8 Å². The van der Waals surface area contributed by atoms with Crippen molar-refractivity contribution >= 4 is 22.9 Å². The maximum Gasteiger partial charge on any atom is 0.116 e. The fourth-order valence-electron chi connectivity index (χ4n) is 3.38. The second-order valence-electron chi connectivity index (χ2n) is 6.04. The van der Waals surface area contributed by atoms with Crippen LogP contribution in [0.5, 0.6) is 5.75 Å². The molecule has 22 heavy (non-hydrogen) atoms. The van der Waals surface area contributed by atoms with E-state index in [-0.39, 0.29) is 0 Å². The highest BCUT2D eigenvalue weighted by Gasteiger charge is 2.24. The van der Waals surface area contributed by atoms with Gasteiger partial charge < -0.3 is 10.0 Å². The third kappa shape index (κ3) is 2.34. The summed E-state index contributed by atoms with van der Waals surface area (Å²) in [6, 6.07) is 14.5. The maximum absolute atomic E-state index is 9.97. The van der Waals surface area contributed by atoms with Crippen molar-refractivity contribution in [3.8, 4) is 5.75 Å². The third-order valence-corrected chi connectivity index (χ3v) is 5.72. The summed E-state index contributed by atoms with van der Waals surface area (Å²) < 4.78 is 0. The van der Waals surface area contributed by atoms with Gasteiger partial charge in [0, 0.05) is 22.9 Å². The molecule has 1 N–H and O–H groups in total. The molecule has 0 saturated carbocycles. The number of phenolic OH excluding ortho intramolecular Hbond substituents is 1. The molecule has 3 heteroatoms. The van der Waals surface area contributed by atoms with Crippen molar-refractivity contribution in [2.24, 2.45) is 0 Å². The number of phenols is 1. The van der Waals surface area contributed by atoms with Crippen molar-refractivity contribution in [3.05, 3.63) is 53.6 Å². The van der Waals surface area contributed by atoms with Gasteiger partial charge in [-0.05, 0) is 66.4 Å². The average molecular weight is 309 g/mol. The Hall–Kier alpha value is -1.71. The number of rotatable bonds is 0. The first-order chi connectivity index (χ1) is 10.7. The molecule has 2 aromatic rings. The molecule has 0 bridgehead atoms. The topological polar surface area (TPSA) is 23.5 Å². The number of aromatic hydroxyl groups is 1. The highest BCUT2D eigenvalue weighted by atomic mass is 32.2. The van der Waals surface area contributed by atoms with Crippen LogP contribution in [0.15, 0.2) is 52.3 Å². The summed E-state index contributed by atoms with van der Waals surface area (Å²) in [5, 5.41) is 9.97. The predicted molar refractivity (Wildman–Crippen MR) is 92.2 cm³/mol. The van der Waals surface area contributed by atoms with Gasteiger partial charge in [-0.25, -0.2) is 0 Å². The lowest BCUT2D eigenvalue weighted by atomic mass is 9.91. The Kier molecular flexibility index (Phi) is 3.47. The van der Waals surface area contributed by atoms with Gasteiger partial charge in [0.25, 0.3) is 0 Å². The van der Waals surface area contributed by atoms with Gasteiger partial charge in [0.15, 0.2) is 0 Å². The lowest BCUT2D eigenvalue weighted by Crippen LogP contribution is -2.19. The zero-order chi connectivity index (χ0) is 15.1. The standard InChI is InChI=1S/C19H19NOS/c1-20-10-8-14-15(9-11-20)17-12-13(21)6-7-19(17)22-18-5-3-2-4-16(14)18/h2-7,12,21H,8-11H2,1H3. The van der Waals surface area contributed by atoms with Gasteiger partial charge in [-0.2, -0.15) is 0 Å². The Morgan fingerprint density at radius 2 is 1.59 bits per heavy atom. The first-order valence-corrected chi connectivity index (χ1v) is 8.55. The van der Waals surface area contributed by atoms with E-state index in [4.69, 9.17) is 0 Å². The first-order valence-electron chi connectivity index (χ1n) is 7.73. The molecule has 2 nitrogen and oxygen atoms in total. The zero-order valence-corrected chi connectivity index (χ0v) is 13.5. The van der Waals surface area contributed by atoms with Crippen molar-refractivity contribution in [2.75, 3.05) is 20.1 Å². The molecule has 0 spiro atoms. The molecule has 0 fully saturated rings. The largest absolute Gasteiger partial charge is 0.508 e. The van der Waals surface area contributed by atoms with Crippen LogP contribution in [0.2, 0.25) is 0 Å². The van der Waals surface area contributed by atoms with Crippen molar-refractivity contribution in [1.29, 1.82) is 0 Å². The molecule has 0 aromatic heterocycles. The van der Waals surface area contributed by atoms with Crippen LogP contribution < -0.4 is 0 Å². The first kappa shape index (κ1) is 13.9. The molecule has 2 aromatic carbocycles. The van der Waals surface area contributed by atoms with Crippen LogP contribution in [0.4, 0.5) is 0 Å². The Bertz CT molecular complexity index is 766. The van der Waals surface area contributed by atoms with Crippen LogP contribution in [-0.4, -0.2) is 30.1 Å². The average Bonchev–Trinajstić information content (AvgIpc) is 2.78. The molecule has 0 aliphatic carbocycles. The van der Waals surface area contributed by atoms with E-state index < -0.39 is 0 Å². The minimum absolute atomic E-state index is 0.356. The van der Waals surface area contributed by atoms with E-state index in [9.17, 15) is 5.11 Å². The molecule has 0 amide bonds. The second-order valence-corrected chi connectivity index (χ2v) is 7.12. The second kappa shape index (κ2) is 5.49. The number of hydrogen-bond donors (Lipinski definition) is 1. The van der Waals surface area contributed by atoms with E-state index in [1.54, 1.807) is 6.07 Å². The molecule has 2 aliphatic heterocycles. The molecular weight excluding hydrogens is 290 g/mol. The number of nitrogens with zero attached hydrogens (tertiary/aromatic N) is 1. The van der Waals surface area contributed by atoms with Crippen LogP contribution in [0.3, 0.4) is 0 Å². The Labute approximate surface area is 135 Å². The summed E-state index contributed by atoms with van der Waals surface area (Å²) in [5.74, 6) is 0.356. The maximum atomic E-state index is 9.97. The van der Waals surface area contributed by atoms with Gasteiger partial charge in [0.1, 0.15) is 5.75 Å². The normalized spacial score (nSPS) is 18.0. The van der Waals surface area contributed by atoms with Crippen molar-refractivity contribution < 1.29 is 5.11 Å². The van der Waals surface area contributed by atoms with Crippen molar-refractivity contribution in [3.63, 3.8) is 0 Å². The smallest absolute Gasteiger partial charge is 0.116 e. The van der Waals surface area contributed by atoms with E-state index in [1.165, 1.54) is 32.1 Å². The van der Waals surface area contributed by atoms with Gasteiger partial charge in [-0.3, -0.25) is 0 Å². The number of benzene rings is 2. The molecule has 2 aliphatic rings. The minimum Gasteiger partial charge on any atom is -0.508 e. The lowest BCUT2D eigenvalue weighted by molar-refractivity contribution is 0.356. The minimum atomic E-state index is 0.356. The summed E-state index contributed by atoms with van der Waals surface area (Å²) in [6.07, 6.45) is 2.11. The fraction of sp³-hybridized carbons (Fsp3) is 0.263. The third-order valence-electron chi connectivity index (χ3n) is 4.57. The fourth-order valence-corrected chi connectivity index (χ4v) is 4.49. The van der Waals surface area contributed by atoms with E-state index in [0.717, 1.165) is 25.9 Å². The van der Waals surface area contributed by atoms with Gasteiger partial charge in [-0.1, -0.05) is 30.0 Å². The van der Waals surface area contributed by atoms with Crippen LogP contribution in [-0.2, 0) is 0 Å². The van der Waals surface area contributed by atoms with Crippen molar-refractivity contribution in [2.45, 2.75) is 22.6 Å². The van der Waals surface area contributed by atoms with E-state index in [0.29, 0.717) is 5.75 Å². The van der Waals surface area contributed by atoms with Crippen LogP contribution in [0.1, 0.15) is 24.0 Å². The van der Waals surface area contributed by atoms with E-state index in [2.05, 4.69) is 42.3 Å². The molecule has 0 unspecified atom stereocenters. The van der Waals surface area contributed by atoms with Crippen LogP contribution in [0.25, 0.3) is 11.1 Å². The number of hydrogen-bond acceptors (Lipinski definition) is 3. The van der Waals surface area contributed by atoms with Crippen molar-refractivity contribution in [1.82, 2.24) is 4.90 Å². The van der Waals surface area contributed by atoms with Gasteiger partial charge in [0.2, 0.25) is 0 Å². The highest BCUT2D eigenvalue weighted by molar-refractivity contribution is 7.99. The van der Waals surface area contributed by atoms with E-state index >= 15 is 0 Å². The summed E-state index contributed by atoms with van der Waals surface area (Å²) in [4.78, 5) is 4.97. The molecule has 0 radical (unpaired) electrons. The van der Waals surface area contributed by atoms with Gasteiger partial charge >= 0.3 is 0 Å². The number of fused-ring (bicyclic) bond motifs is 4. The molecule has 4 rings (SSSR count). The van der Waals surface area contributed by atoms with Gasteiger partial charge in [0.05, 0.1) is 0 Å². The SMILES string of the molecule is CN1CCC2=C(CC1)c1cc(O)ccc1Sc1ccccc12. The summed E-state index contributed by atoms with van der Waals surface area (Å²) >= 11 is 1.82. The molecule has 0 atom stereocenters. The predicted octanol–water partition coefficient (Wildman–Crippen LogP) is 4.49. The quantitative estimate of drug-likeness (QED) is 0.775. The Morgan fingerprint density at radius 3 is 2.41 bits per heavy atom. The zero-order valence-electron chi connectivity index (χ0n) is 12.7. The van der Waals surface area contributed by atoms with Gasteiger partial charge in [-0.15, -0.1) is 0 Å². The Morgan fingerprint density at radius 1 is 0.909 bits per heavy atom. The monoisotopic (exact) mass is 309 g/mol. The van der Waals surface area contributed by atoms with Crippen LogP contribution >= 0.6 is 11.8 Å².